The molecule has 0 unspecified atom stereocenters. The van der Waals surface area contributed by atoms with E-state index in [0.717, 1.165) is 16.5 Å². The fourth-order valence-corrected chi connectivity index (χ4v) is 4.27. The van der Waals surface area contributed by atoms with E-state index >= 15 is 0 Å². The lowest BCUT2D eigenvalue weighted by atomic mass is 9.86. The number of sulfonamides is 1. The van der Waals surface area contributed by atoms with Gasteiger partial charge in [0.2, 0.25) is 10.0 Å². The fourth-order valence-electron chi connectivity index (χ4n) is 2.25. The zero-order chi connectivity index (χ0) is 17.1. The molecule has 0 amide bonds. The van der Waals surface area contributed by atoms with Crippen LogP contribution in [0.1, 0.15) is 19.4 Å². The van der Waals surface area contributed by atoms with E-state index in [9.17, 15) is 8.42 Å². The third-order valence-corrected chi connectivity index (χ3v) is 5.89. The molecule has 6 heteroatoms. The Hall–Kier alpha value is -0.880. The van der Waals surface area contributed by atoms with Crippen LogP contribution in [0.2, 0.25) is 5.02 Å². The Morgan fingerprint density at radius 2 is 1.70 bits per heavy atom. The van der Waals surface area contributed by atoms with E-state index in [2.05, 4.69) is 20.7 Å². The average molecular weight is 417 g/mol. The van der Waals surface area contributed by atoms with Crippen LogP contribution in [0.25, 0.3) is 0 Å². The molecule has 0 aliphatic rings. The highest BCUT2D eigenvalue weighted by Crippen LogP contribution is 2.24. The molecular formula is C17H19BrClNO2S. The molecule has 0 heterocycles. The van der Waals surface area contributed by atoms with Gasteiger partial charge in [0.1, 0.15) is 4.90 Å². The van der Waals surface area contributed by atoms with Crippen LogP contribution in [0.5, 0.6) is 0 Å². The van der Waals surface area contributed by atoms with Crippen molar-refractivity contribution in [1.29, 1.82) is 0 Å². The smallest absolute Gasteiger partial charge is 0.211 e. The van der Waals surface area contributed by atoms with E-state index in [1.54, 1.807) is 18.2 Å². The predicted octanol–water partition coefficient (Wildman–Crippen LogP) is 4.65. The van der Waals surface area contributed by atoms with Crippen LogP contribution in [-0.2, 0) is 16.4 Å². The molecule has 2 rings (SSSR count). The van der Waals surface area contributed by atoms with Crippen molar-refractivity contribution in [2.24, 2.45) is 5.41 Å². The van der Waals surface area contributed by atoms with Crippen LogP contribution >= 0.6 is 27.5 Å². The summed E-state index contributed by atoms with van der Waals surface area (Å²) in [5.74, 6) is 0. The Morgan fingerprint density at radius 1 is 1.09 bits per heavy atom. The van der Waals surface area contributed by atoms with Crippen LogP contribution in [0.3, 0.4) is 0 Å². The fraction of sp³-hybridized carbons (Fsp3) is 0.294. The Bertz CT molecular complexity index is 773. The van der Waals surface area contributed by atoms with Crippen molar-refractivity contribution >= 4 is 37.6 Å². The summed E-state index contributed by atoms with van der Waals surface area (Å²) < 4.78 is 28.5. The second kappa shape index (κ2) is 7.34. The van der Waals surface area contributed by atoms with Crippen LogP contribution in [0.4, 0.5) is 0 Å². The largest absolute Gasteiger partial charge is 0.242 e. The molecule has 0 atom stereocenters. The topological polar surface area (TPSA) is 46.2 Å². The molecular weight excluding hydrogens is 398 g/mol. The maximum Gasteiger partial charge on any atom is 0.242 e. The van der Waals surface area contributed by atoms with Gasteiger partial charge in [-0.2, -0.15) is 0 Å². The molecule has 23 heavy (non-hydrogen) atoms. The highest BCUT2D eigenvalue weighted by molar-refractivity contribution is 9.10. The summed E-state index contributed by atoms with van der Waals surface area (Å²) in [6.45, 7) is 4.39. The normalized spacial score (nSPS) is 12.3. The minimum atomic E-state index is -3.61. The number of benzene rings is 2. The number of rotatable bonds is 6. The van der Waals surface area contributed by atoms with Gasteiger partial charge < -0.3 is 0 Å². The maximum atomic E-state index is 12.4. The van der Waals surface area contributed by atoms with Crippen molar-refractivity contribution in [1.82, 2.24) is 4.72 Å². The first-order chi connectivity index (χ1) is 10.7. The number of hydrogen-bond acceptors (Lipinski definition) is 2. The van der Waals surface area contributed by atoms with Gasteiger partial charge >= 0.3 is 0 Å². The summed E-state index contributed by atoms with van der Waals surface area (Å²) >= 11 is 9.39. The third kappa shape index (κ3) is 5.31. The first-order valence-electron chi connectivity index (χ1n) is 7.18. The highest BCUT2D eigenvalue weighted by atomic mass is 79.9. The van der Waals surface area contributed by atoms with Crippen LogP contribution in [0.15, 0.2) is 57.9 Å². The molecule has 0 spiro atoms. The molecule has 0 bridgehead atoms. The molecule has 124 valence electrons. The summed E-state index contributed by atoms with van der Waals surface area (Å²) in [6.07, 6.45) is 0.769. The van der Waals surface area contributed by atoms with Crippen molar-refractivity contribution < 1.29 is 8.42 Å². The first-order valence-corrected chi connectivity index (χ1v) is 9.84. The number of nitrogens with one attached hydrogen (secondary N) is 1. The molecule has 0 aliphatic carbocycles. The molecule has 0 aliphatic heterocycles. The molecule has 0 radical (unpaired) electrons. The number of halogens is 2. The summed E-state index contributed by atoms with van der Waals surface area (Å²) in [7, 11) is -3.61. The third-order valence-electron chi connectivity index (χ3n) is 3.46. The SMILES string of the molecule is CC(C)(CNS(=O)(=O)c1ccccc1Cl)Cc1ccc(Br)cc1. The van der Waals surface area contributed by atoms with Crippen molar-refractivity contribution in [3.63, 3.8) is 0 Å². The Morgan fingerprint density at radius 3 is 2.30 bits per heavy atom. The predicted molar refractivity (Wildman–Crippen MR) is 98.3 cm³/mol. The molecule has 2 aromatic carbocycles. The van der Waals surface area contributed by atoms with E-state index in [1.165, 1.54) is 6.07 Å². The maximum absolute atomic E-state index is 12.4. The van der Waals surface area contributed by atoms with Gasteiger partial charge in [-0.25, -0.2) is 13.1 Å². The lowest BCUT2D eigenvalue weighted by Gasteiger charge is -2.25. The van der Waals surface area contributed by atoms with Gasteiger partial charge in [-0.1, -0.05) is 65.6 Å². The highest BCUT2D eigenvalue weighted by Gasteiger charge is 2.24. The average Bonchev–Trinajstić information content (AvgIpc) is 2.48. The molecule has 1 N–H and O–H groups in total. The Balaban J connectivity index is 2.06. The van der Waals surface area contributed by atoms with Gasteiger partial charge in [-0.3, -0.25) is 0 Å². The standard InChI is InChI=1S/C17H19BrClNO2S/c1-17(2,11-13-7-9-14(18)10-8-13)12-20-23(21,22)16-6-4-3-5-15(16)19/h3-10,20H,11-12H2,1-2H3. The summed E-state index contributed by atoms with van der Waals surface area (Å²) in [5.41, 5.74) is 0.942. The van der Waals surface area contributed by atoms with Gasteiger partial charge in [0, 0.05) is 11.0 Å². The van der Waals surface area contributed by atoms with E-state index in [1.807, 2.05) is 38.1 Å². The second-order valence-corrected chi connectivity index (χ2v) is 9.28. The van der Waals surface area contributed by atoms with Crippen molar-refractivity contribution in [2.75, 3.05) is 6.54 Å². The minimum Gasteiger partial charge on any atom is -0.211 e. The molecule has 0 aromatic heterocycles. The quantitative estimate of drug-likeness (QED) is 0.745. The van der Waals surface area contributed by atoms with Gasteiger partial charge in [0.25, 0.3) is 0 Å². The van der Waals surface area contributed by atoms with Crippen molar-refractivity contribution in [3.05, 3.63) is 63.6 Å². The van der Waals surface area contributed by atoms with Gasteiger partial charge in [-0.05, 0) is 41.7 Å². The Labute approximate surface area is 151 Å². The van der Waals surface area contributed by atoms with Crippen LogP contribution in [-0.4, -0.2) is 15.0 Å². The summed E-state index contributed by atoms with van der Waals surface area (Å²) in [4.78, 5) is 0.112. The van der Waals surface area contributed by atoms with Crippen LogP contribution < -0.4 is 4.72 Å². The van der Waals surface area contributed by atoms with Gasteiger partial charge in [0.05, 0.1) is 5.02 Å². The lowest BCUT2D eigenvalue weighted by molar-refractivity contribution is 0.361. The summed E-state index contributed by atoms with van der Waals surface area (Å²) in [5, 5.41) is 0.228. The Kier molecular flexibility index (Phi) is 5.89. The first kappa shape index (κ1) is 18.5. The lowest BCUT2D eigenvalue weighted by Crippen LogP contribution is -2.35. The molecule has 2 aromatic rings. The second-order valence-electron chi connectivity index (χ2n) is 6.22. The van der Waals surface area contributed by atoms with Gasteiger partial charge in [0.15, 0.2) is 0 Å². The monoisotopic (exact) mass is 415 g/mol. The van der Waals surface area contributed by atoms with Gasteiger partial charge in [-0.15, -0.1) is 0 Å². The molecule has 0 saturated heterocycles. The van der Waals surface area contributed by atoms with E-state index < -0.39 is 10.0 Å². The van der Waals surface area contributed by atoms with E-state index in [4.69, 9.17) is 11.6 Å². The number of hydrogen-bond donors (Lipinski definition) is 1. The van der Waals surface area contributed by atoms with Crippen molar-refractivity contribution in [3.8, 4) is 0 Å². The molecule has 3 nitrogen and oxygen atoms in total. The van der Waals surface area contributed by atoms with Crippen molar-refractivity contribution in [2.45, 2.75) is 25.2 Å². The summed E-state index contributed by atoms with van der Waals surface area (Å²) in [6, 6.07) is 14.5. The molecule has 0 fully saturated rings. The zero-order valence-corrected chi connectivity index (χ0v) is 16.2. The van der Waals surface area contributed by atoms with E-state index in [0.29, 0.717) is 6.54 Å². The van der Waals surface area contributed by atoms with Crippen LogP contribution in [0, 0.1) is 5.41 Å². The molecule has 0 saturated carbocycles. The zero-order valence-electron chi connectivity index (χ0n) is 13.0. The van der Waals surface area contributed by atoms with E-state index in [-0.39, 0.29) is 15.3 Å². The minimum absolute atomic E-state index is 0.112.